The molecule has 1 heterocycles. The number of hydrogen-bond acceptors (Lipinski definition) is 5. The summed E-state index contributed by atoms with van der Waals surface area (Å²) in [6.45, 7) is 7.22. The van der Waals surface area contributed by atoms with Gasteiger partial charge < -0.3 is 15.4 Å². The first-order valence-corrected chi connectivity index (χ1v) is 6.97. The van der Waals surface area contributed by atoms with Crippen LogP contribution in [0.3, 0.4) is 0 Å². The van der Waals surface area contributed by atoms with Crippen LogP contribution in [0.1, 0.15) is 26.0 Å². The lowest BCUT2D eigenvalue weighted by Crippen LogP contribution is -2.29. The predicted molar refractivity (Wildman–Crippen MR) is 76.1 cm³/mol. The quantitative estimate of drug-likeness (QED) is 0.599. The highest BCUT2D eigenvalue weighted by atomic mass is 16.5. The summed E-state index contributed by atoms with van der Waals surface area (Å²) in [5.41, 5.74) is 0.816. The third-order valence-corrected chi connectivity index (χ3v) is 2.72. The molecule has 0 atom stereocenters. The number of rotatable bonds is 10. The monoisotopic (exact) mass is 283 g/mol. The van der Waals surface area contributed by atoms with Crippen molar-refractivity contribution in [2.75, 3.05) is 26.8 Å². The molecule has 0 unspecified atom stereocenters. The van der Waals surface area contributed by atoms with Gasteiger partial charge in [0.1, 0.15) is 6.54 Å². The Balaban J connectivity index is 2.23. The molecule has 1 aromatic rings. The Morgan fingerprint density at radius 2 is 2.25 bits per heavy atom. The van der Waals surface area contributed by atoms with Crippen molar-refractivity contribution in [3.8, 4) is 0 Å². The molecule has 2 N–H and O–H groups in total. The molecule has 7 heteroatoms. The van der Waals surface area contributed by atoms with Crippen LogP contribution >= 0.6 is 0 Å². The molecule has 0 aliphatic carbocycles. The normalized spacial score (nSPS) is 11.0. The zero-order valence-electron chi connectivity index (χ0n) is 12.6. The van der Waals surface area contributed by atoms with Gasteiger partial charge in [-0.15, -0.1) is 5.10 Å². The number of aromatic nitrogens is 3. The van der Waals surface area contributed by atoms with Gasteiger partial charge in [0.05, 0.1) is 18.5 Å². The summed E-state index contributed by atoms with van der Waals surface area (Å²) in [5.74, 6) is 0.556. The van der Waals surface area contributed by atoms with Crippen LogP contribution in [0, 0.1) is 5.92 Å². The van der Waals surface area contributed by atoms with E-state index in [2.05, 4.69) is 34.8 Å². The summed E-state index contributed by atoms with van der Waals surface area (Å²) < 4.78 is 6.49. The lowest BCUT2D eigenvalue weighted by Gasteiger charge is -2.06. The molecule has 0 saturated heterocycles. The molecule has 0 spiro atoms. The molecule has 0 radical (unpaired) electrons. The molecule has 0 fully saturated rings. The molecule has 1 aromatic heterocycles. The highest BCUT2D eigenvalue weighted by Crippen LogP contribution is 1.96. The number of ether oxygens (including phenoxy) is 1. The molecular formula is C13H25N5O2. The van der Waals surface area contributed by atoms with Crippen LogP contribution < -0.4 is 10.6 Å². The topological polar surface area (TPSA) is 81.1 Å². The van der Waals surface area contributed by atoms with Gasteiger partial charge in [0.15, 0.2) is 0 Å². The van der Waals surface area contributed by atoms with E-state index in [1.807, 2.05) is 0 Å². The highest BCUT2D eigenvalue weighted by Gasteiger charge is 2.06. The Bertz CT molecular complexity index is 392. The number of carbonyl (C=O) groups is 1. The van der Waals surface area contributed by atoms with Crippen LogP contribution in [-0.4, -0.2) is 47.7 Å². The fourth-order valence-corrected chi connectivity index (χ4v) is 1.59. The van der Waals surface area contributed by atoms with E-state index >= 15 is 0 Å². The van der Waals surface area contributed by atoms with E-state index < -0.39 is 0 Å². The summed E-state index contributed by atoms with van der Waals surface area (Å²) in [4.78, 5) is 11.7. The molecule has 114 valence electrons. The number of hydrogen-bond donors (Lipinski definition) is 2. The zero-order valence-corrected chi connectivity index (χ0v) is 12.6. The van der Waals surface area contributed by atoms with Gasteiger partial charge in [0.2, 0.25) is 5.91 Å². The van der Waals surface area contributed by atoms with Crippen LogP contribution in [0.2, 0.25) is 0 Å². The van der Waals surface area contributed by atoms with E-state index in [1.54, 1.807) is 18.0 Å². The largest absolute Gasteiger partial charge is 0.383 e. The molecule has 0 bridgehead atoms. The van der Waals surface area contributed by atoms with Crippen LogP contribution in [0.15, 0.2) is 6.20 Å². The lowest BCUT2D eigenvalue weighted by molar-refractivity contribution is -0.121. The van der Waals surface area contributed by atoms with Crippen molar-refractivity contribution in [2.45, 2.75) is 33.4 Å². The van der Waals surface area contributed by atoms with Crippen molar-refractivity contribution in [3.05, 3.63) is 11.9 Å². The zero-order chi connectivity index (χ0) is 14.8. The number of methoxy groups -OCH3 is 1. The Kier molecular flexibility index (Phi) is 7.82. The Morgan fingerprint density at radius 3 is 2.95 bits per heavy atom. The van der Waals surface area contributed by atoms with Gasteiger partial charge >= 0.3 is 0 Å². The van der Waals surface area contributed by atoms with Crippen molar-refractivity contribution in [1.29, 1.82) is 0 Å². The van der Waals surface area contributed by atoms with E-state index in [4.69, 9.17) is 4.74 Å². The molecule has 1 rings (SSSR count). The van der Waals surface area contributed by atoms with E-state index in [0.29, 0.717) is 25.6 Å². The minimum absolute atomic E-state index is 0.0329. The van der Waals surface area contributed by atoms with Crippen molar-refractivity contribution >= 4 is 5.91 Å². The van der Waals surface area contributed by atoms with Gasteiger partial charge in [-0.1, -0.05) is 19.1 Å². The summed E-state index contributed by atoms with van der Waals surface area (Å²) in [5, 5.41) is 14.0. The first kappa shape index (κ1) is 16.6. The molecule has 7 nitrogen and oxygen atoms in total. The second kappa shape index (κ2) is 9.44. The molecule has 0 aromatic carbocycles. The second-order valence-corrected chi connectivity index (χ2v) is 5.11. The maximum Gasteiger partial charge on any atom is 0.241 e. The number of amides is 1. The second-order valence-electron chi connectivity index (χ2n) is 5.11. The van der Waals surface area contributed by atoms with Gasteiger partial charge in [-0.25, -0.2) is 4.68 Å². The van der Waals surface area contributed by atoms with E-state index in [1.165, 1.54) is 0 Å². The molecule has 20 heavy (non-hydrogen) atoms. The van der Waals surface area contributed by atoms with Gasteiger partial charge in [0.25, 0.3) is 0 Å². The maximum atomic E-state index is 11.7. The summed E-state index contributed by atoms with van der Waals surface area (Å²) >= 11 is 0. The summed E-state index contributed by atoms with van der Waals surface area (Å²) in [6.07, 6.45) is 2.76. The fraction of sp³-hybridized carbons (Fsp3) is 0.769. The molecule has 1 amide bonds. The SMILES string of the molecule is COCCNCc1cn(CC(=O)NCCC(C)C)nn1. The summed E-state index contributed by atoms with van der Waals surface area (Å²) in [7, 11) is 1.66. The van der Waals surface area contributed by atoms with Crippen molar-refractivity contribution in [2.24, 2.45) is 5.92 Å². The average Bonchev–Trinajstić information content (AvgIpc) is 2.82. The van der Waals surface area contributed by atoms with Crippen LogP contribution in [0.4, 0.5) is 0 Å². The molecule has 0 aliphatic rings. The first-order chi connectivity index (χ1) is 9.61. The smallest absolute Gasteiger partial charge is 0.241 e. The number of carbonyl (C=O) groups excluding carboxylic acids is 1. The van der Waals surface area contributed by atoms with Crippen molar-refractivity contribution in [1.82, 2.24) is 25.6 Å². The maximum absolute atomic E-state index is 11.7. The standard InChI is InChI=1S/C13H25N5O2/c1-11(2)4-5-15-13(19)10-18-9-12(16-17-18)8-14-6-7-20-3/h9,11,14H,4-8,10H2,1-3H3,(H,15,19). The minimum Gasteiger partial charge on any atom is -0.383 e. The van der Waals surface area contributed by atoms with Crippen molar-refractivity contribution in [3.63, 3.8) is 0 Å². The lowest BCUT2D eigenvalue weighted by atomic mass is 10.1. The van der Waals surface area contributed by atoms with E-state index in [0.717, 1.165) is 18.7 Å². The van der Waals surface area contributed by atoms with Crippen molar-refractivity contribution < 1.29 is 9.53 Å². The minimum atomic E-state index is -0.0329. The number of nitrogens with zero attached hydrogens (tertiary/aromatic N) is 3. The van der Waals surface area contributed by atoms with E-state index in [-0.39, 0.29) is 12.5 Å². The Morgan fingerprint density at radius 1 is 1.45 bits per heavy atom. The first-order valence-electron chi connectivity index (χ1n) is 6.97. The Labute approximate surface area is 120 Å². The van der Waals surface area contributed by atoms with E-state index in [9.17, 15) is 4.79 Å². The molecular weight excluding hydrogens is 258 g/mol. The third-order valence-electron chi connectivity index (χ3n) is 2.72. The Hall–Kier alpha value is -1.47. The average molecular weight is 283 g/mol. The van der Waals surface area contributed by atoms with Gasteiger partial charge in [-0.2, -0.15) is 0 Å². The van der Waals surface area contributed by atoms with Crippen LogP contribution in [0.25, 0.3) is 0 Å². The van der Waals surface area contributed by atoms with Gasteiger partial charge in [-0.05, 0) is 12.3 Å². The predicted octanol–water partition coefficient (Wildman–Crippen LogP) is 0.176. The molecule has 0 saturated carbocycles. The van der Waals surface area contributed by atoms with Crippen LogP contribution in [0.5, 0.6) is 0 Å². The number of nitrogens with one attached hydrogen (secondary N) is 2. The summed E-state index contributed by atoms with van der Waals surface area (Å²) in [6, 6.07) is 0. The van der Waals surface area contributed by atoms with Gasteiger partial charge in [0, 0.05) is 26.7 Å². The highest BCUT2D eigenvalue weighted by molar-refractivity contribution is 5.75. The van der Waals surface area contributed by atoms with Crippen LogP contribution in [-0.2, 0) is 22.6 Å². The van der Waals surface area contributed by atoms with Gasteiger partial charge in [-0.3, -0.25) is 4.79 Å². The third kappa shape index (κ3) is 7.20. The fourth-order valence-electron chi connectivity index (χ4n) is 1.59. The molecule has 0 aliphatic heterocycles.